The molecule has 2 aromatic rings. The van der Waals surface area contributed by atoms with Crippen LogP contribution in [0.15, 0.2) is 51.8 Å². The number of piperidine rings is 1. The van der Waals surface area contributed by atoms with E-state index in [-0.39, 0.29) is 24.0 Å². The molecular formula is C23H28BrN3O5S. The lowest BCUT2D eigenvalue weighted by atomic mass is 9.96. The fourth-order valence-corrected chi connectivity index (χ4v) is 5.59. The third-order valence-corrected chi connectivity index (χ3v) is 7.79. The molecule has 2 atom stereocenters. The Kier molecular flexibility index (Phi) is 7.16. The van der Waals surface area contributed by atoms with E-state index in [1.807, 2.05) is 25.1 Å². The maximum Gasteiger partial charge on any atom is 0.242 e. The molecule has 1 fully saturated rings. The maximum atomic E-state index is 13.2. The van der Waals surface area contributed by atoms with Gasteiger partial charge in [0, 0.05) is 24.0 Å². The second-order valence-corrected chi connectivity index (χ2v) is 11.3. The van der Waals surface area contributed by atoms with Gasteiger partial charge in [0.1, 0.15) is 11.5 Å². The third kappa shape index (κ3) is 5.99. The number of para-hydroxylation sites is 2. The van der Waals surface area contributed by atoms with Crippen molar-refractivity contribution in [2.24, 2.45) is 5.92 Å². The summed E-state index contributed by atoms with van der Waals surface area (Å²) in [4.78, 5) is 11.5. The molecule has 0 spiro atoms. The summed E-state index contributed by atoms with van der Waals surface area (Å²) in [6, 6.07) is 12.4. The molecule has 2 unspecified atom stereocenters. The second-order valence-electron chi connectivity index (χ2n) is 8.68. The van der Waals surface area contributed by atoms with E-state index in [9.17, 15) is 13.2 Å². The number of ether oxygens (including phenoxy) is 2. The monoisotopic (exact) mass is 537 g/mol. The lowest BCUT2D eigenvalue weighted by Crippen LogP contribution is -2.51. The summed E-state index contributed by atoms with van der Waals surface area (Å²) in [6.45, 7) is 3.37. The topological polar surface area (TPSA) is 106 Å². The maximum absolute atomic E-state index is 13.2. The molecule has 0 radical (unpaired) electrons. The normalized spacial score (nSPS) is 22.5. The van der Waals surface area contributed by atoms with Gasteiger partial charge in [-0.3, -0.25) is 4.79 Å². The van der Waals surface area contributed by atoms with Crippen molar-refractivity contribution in [3.05, 3.63) is 46.9 Å². The number of carbonyl (C=O) groups excluding carboxylic acids is 1. The molecule has 178 valence electrons. The van der Waals surface area contributed by atoms with Crippen molar-refractivity contribution >= 4 is 37.5 Å². The fraction of sp³-hybridized carbons (Fsp3) is 0.435. The molecule has 4 rings (SSSR count). The minimum absolute atomic E-state index is 0.0565. The molecule has 1 saturated heterocycles. The zero-order valence-electron chi connectivity index (χ0n) is 18.4. The molecule has 0 saturated carbocycles. The van der Waals surface area contributed by atoms with Crippen LogP contribution in [0.3, 0.4) is 0 Å². The number of amides is 1. The first-order chi connectivity index (χ1) is 15.7. The van der Waals surface area contributed by atoms with Crippen molar-refractivity contribution in [3.63, 3.8) is 0 Å². The predicted molar refractivity (Wildman–Crippen MR) is 129 cm³/mol. The van der Waals surface area contributed by atoms with Gasteiger partial charge in [-0.05, 0) is 56.0 Å². The Hall–Kier alpha value is -2.30. The highest BCUT2D eigenvalue weighted by Crippen LogP contribution is 2.35. The van der Waals surface area contributed by atoms with Gasteiger partial charge in [0.05, 0.1) is 12.2 Å². The van der Waals surface area contributed by atoms with Crippen LogP contribution in [0.5, 0.6) is 11.5 Å². The van der Waals surface area contributed by atoms with Crippen molar-refractivity contribution < 1.29 is 22.7 Å². The van der Waals surface area contributed by atoms with E-state index in [0.717, 1.165) is 17.3 Å². The number of anilines is 1. The number of halogens is 1. The number of carbonyl (C=O) groups is 1. The number of benzene rings is 2. The number of fused-ring (bicyclic) bond motifs is 1. The van der Waals surface area contributed by atoms with Crippen molar-refractivity contribution in [1.29, 1.82) is 0 Å². The standard InChI is InChI=1S/C23H28BrN3O5S/c1-23(15-31-19-4-2-3-5-20(19)32-23)14-27-33(29,30)21-8-7-17(24)12-18(21)25-11-10-16-6-9-22(28)26-13-16/h2-5,7-8,12,16,25,27H,6,9-11,13-15H2,1H3,(H,26,28). The molecule has 10 heteroatoms. The number of hydrogen-bond acceptors (Lipinski definition) is 6. The van der Waals surface area contributed by atoms with Gasteiger partial charge in [0.15, 0.2) is 17.1 Å². The summed E-state index contributed by atoms with van der Waals surface area (Å²) in [5, 5.41) is 6.14. The molecule has 2 heterocycles. The Morgan fingerprint density at radius 1 is 1.21 bits per heavy atom. The molecule has 3 N–H and O–H groups in total. The van der Waals surface area contributed by atoms with Crippen molar-refractivity contribution in [3.8, 4) is 11.5 Å². The van der Waals surface area contributed by atoms with Crippen molar-refractivity contribution in [2.45, 2.75) is 36.7 Å². The van der Waals surface area contributed by atoms with Crippen LogP contribution in [0.4, 0.5) is 5.69 Å². The minimum Gasteiger partial charge on any atom is -0.485 e. The molecule has 33 heavy (non-hydrogen) atoms. The summed E-state index contributed by atoms with van der Waals surface area (Å²) < 4.78 is 41.6. The Labute approximate surface area is 202 Å². The first-order valence-corrected chi connectivity index (χ1v) is 13.2. The highest BCUT2D eigenvalue weighted by molar-refractivity contribution is 9.10. The Morgan fingerprint density at radius 2 is 2.00 bits per heavy atom. The first kappa shape index (κ1) is 23.8. The minimum atomic E-state index is -3.81. The SMILES string of the molecule is CC1(CNS(=O)(=O)c2ccc(Br)cc2NCCC2CCC(=O)NC2)COc2ccccc2O1. The third-order valence-electron chi connectivity index (χ3n) is 5.84. The lowest BCUT2D eigenvalue weighted by Gasteiger charge is -2.35. The highest BCUT2D eigenvalue weighted by Gasteiger charge is 2.35. The predicted octanol–water partition coefficient (Wildman–Crippen LogP) is 3.29. The number of rotatable bonds is 8. The zero-order chi connectivity index (χ0) is 23.5. The van der Waals surface area contributed by atoms with Gasteiger partial charge < -0.3 is 20.1 Å². The Morgan fingerprint density at radius 3 is 2.76 bits per heavy atom. The van der Waals surface area contributed by atoms with Crippen LogP contribution in [0.1, 0.15) is 26.2 Å². The van der Waals surface area contributed by atoms with E-state index < -0.39 is 15.6 Å². The number of hydrogen-bond donors (Lipinski definition) is 3. The molecule has 0 bridgehead atoms. The number of nitrogens with one attached hydrogen (secondary N) is 3. The summed E-state index contributed by atoms with van der Waals surface area (Å²) in [6.07, 6.45) is 2.23. The summed E-state index contributed by atoms with van der Waals surface area (Å²) in [5.41, 5.74) is -0.316. The van der Waals surface area contributed by atoms with Gasteiger partial charge in [-0.15, -0.1) is 0 Å². The average Bonchev–Trinajstić information content (AvgIpc) is 2.79. The van der Waals surface area contributed by atoms with Crippen molar-refractivity contribution in [2.75, 3.05) is 31.6 Å². The molecule has 0 aliphatic carbocycles. The van der Waals surface area contributed by atoms with E-state index in [2.05, 4.69) is 31.3 Å². The number of sulfonamides is 1. The van der Waals surface area contributed by atoms with Gasteiger partial charge in [0.25, 0.3) is 0 Å². The fourth-order valence-electron chi connectivity index (χ4n) is 3.91. The Bertz CT molecular complexity index is 1120. The zero-order valence-corrected chi connectivity index (χ0v) is 20.8. The van der Waals surface area contributed by atoms with E-state index in [0.29, 0.717) is 42.6 Å². The molecular weight excluding hydrogens is 510 g/mol. The van der Waals surface area contributed by atoms with Gasteiger partial charge in [-0.2, -0.15) is 0 Å². The van der Waals surface area contributed by atoms with Gasteiger partial charge in [-0.1, -0.05) is 28.1 Å². The quantitative estimate of drug-likeness (QED) is 0.477. The average molecular weight is 538 g/mol. The van der Waals surface area contributed by atoms with Crippen LogP contribution in [0.2, 0.25) is 0 Å². The van der Waals surface area contributed by atoms with Gasteiger partial charge in [0.2, 0.25) is 15.9 Å². The molecule has 1 amide bonds. The van der Waals surface area contributed by atoms with Crippen LogP contribution in [0, 0.1) is 5.92 Å². The van der Waals surface area contributed by atoms with Crippen LogP contribution >= 0.6 is 15.9 Å². The van der Waals surface area contributed by atoms with E-state index in [1.165, 1.54) is 0 Å². The molecule has 2 aromatic carbocycles. The van der Waals surface area contributed by atoms with Gasteiger partial charge >= 0.3 is 0 Å². The van der Waals surface area contributed by atoms with Crippen LogP contribution < -0.4 is 24.8 Å². The largest absolute Gasteiger partial charge is 0.485 e. The Balaban J connectivity index is 1.40. The second kappa shape index (κ2) is 9.90. The highest BCUT2D eigenvalue weighted by atomic mass is 79.9. The van der Waals surface area contributed by atoms with E-state index in [4.69, 9.17) is 9.47 Å². The van der Waals surface area contributed by atoms with Crippen LogP contribution in [0.25, 0.3) is 0 Å². The van der Waals surface area contributed by atoms with Gasteiger partial charge in [-0.25, -0.2) is 13.1 Å². The molecule has 2 aliphatic rings. The first-order valence-electron chi connectivity index (χ1n) is 10.9. The molecule has 8 nitrogen and oxygen atoms in total. The molecule has 2 aliphatic heterocycles. The van der Waals surface area contributed by atoms with Crippen LogP contribution in [-0.2, 0) is 14.8 Å². The van der Waals surface area contributed by atoms with E-state index >= 15 is 0 Å². The smallest absolute Gasteiger partial charge is 0.242 e. The summed E-state index contributed by atoms with van der Waals surface area (Å²) >= 11 is 3.42. The summed E-state index contributed by atoms with van der Waals surface area (Å²) in [5.74, 6) is 1.71. The van der Waals surface area contributed by atoms with Crippen molar-refractivity contribution in [1.82, 2.24) is 10.0 Å². The lowest BCUT2D eigenvalue weighted by molar-refractivity contribution is -0.122. The summed E-state index contributed by atoms with van der Waals surface area (Å²) in [7, 11) is -3.81. The molecule has 0 aromatic heterocycles. The van der Waals surface area contributed by atoms with E-state index in [1.54, 1.807) is 24.3 Å². The van der Waals surface area contributed by atoms with Crippen LogP contribution in [-0.4, -0.2) is 46.2 Å².